The Hall–Kier alpha value is -3.48. The lowest BCUT2D eigenvalue weighted by atomic mass is 9.98. The highest BCUT2D eigenvalue weighted by atomic mass is 16.5. The number of hydrogen-bond donors (Lipinski definition) is 1. The van der Waals surface area contributed by atoms with Gasteiger partial charge >= 0.3 is 0 Å². The van der Waals surface area contributed by atoms with Gasteiger partial charge in [-0.3, -0.25) is 14.6 Å². The van der Waals surface area contributed by atoms with Gasteiger partial charge in [0.25, 0.3) is 0 Å². The first-order valence-corrected chi connectivity index (χ1v) is 8.54. The molecule has 1 aromatic carbocycles. The summed E-state index contributed by atoms with van der Waals surface area (Å²) in [6, 6.07) is 8.84. The quantitative estimate of drug-likeness (QED) is 0.565. The molecule has 0 radical (unpaired) electrons. The molecule has 0 amide bonds. The minimum atomic E-state index is -0.289. The molecule has 136 valence electrons. The van der Waals surface area contributed by atoms with Crippen molar-refractivity contribution in [2.45, 2.75) is 19.9 Å². The molecule has 3 aromatic rings. The van der Waals surface area contributed by atoms with Crippen LogP contribution in [-0.2, 0) is 4.79 Å². The highest BCUT2D eigenvalue weighted by molar-refractivity contribution is 6.22. The molecule has 0 saturated heterocycles. The van der Waals surface area contributed by atoms with Gasteiger partial charge in [-0.2, -0.15) is 0 Å². The predicted octanol–water partition coefficient (Wildman–Crippen LogP) is 2.50. The summed E-state index contributed by atoms with van der Waals surface area (Å²) in [6.45, 7) is 3.42. The summed E-state index contributed by atoms with van der Waals surface area (Å²) in [5, 5.41) is 0. The van der Waals surface area contributed by atoms with Crippen LogP contribution in [-0.4, -0.2) is 33.2 Å². The molecule has 1 aliphatic rings. The van der Waals surface area contributed by atoms with E-state index in [2.05, 4.69) is 9.97 Å². The van der Waals surface area contributed by atoms with Crippen molar-refractivity contribution >= 4 is 28.7 Å². The van der Waals surface area contributed by atoms with Crippen molar-refractivity contribution < 1.29 is 14.3 Å². The van der Waals surface area contributed by atoms with Gasteiger partial charge in [-0.1, -0.05) is 6.07 Å². The van der Waals surface area contributed by atoms with Gasteiger partial charge < -0.3 is 15.0 Å². The van der Waals surface area contributed by atoms with Crippen LogP contribution in [0.1, 0.15) is 41.8 Å². The van der Waals surface area contributed by atoms with Gasteiger partial charge in [0.1, 0.15) is 18.2 Å². The molecule has 7 nitrogen and oxygen atoms in total. The standard InChI is InChI=1S/C20H18N4O3/c1-11(21)18(12(2)26)13-6-7-15-19-20(13)27-10-16(14-5-3-4-8-22-14)24(19)17(9-25)23-15/h3-9,16H,10,21H2,1-2H3/t16-/m1/s1. The van der Waals surface area contributed by atoms with Crippen molar-refractivity contribution in [1.82, 2.24) is 14.5 Å². The maximum atomic E-state index is 12.2. The zero-order valence-electron chi connectivity index (χ0n) is 15.0. The zero-order chi connectivity index (χ0) is 19.1. The van der Waals surface area contributed by atoms with Crippen LogP contribution in [0, 0.1) is 0 Å². The molecule has 2 N–H and O–H groups in total. The van der Waals surface area contributed by atoms with Gasteiger partial charge in [-0.25, -0.2) is 4.98 Å². The normalized spacial score (nSPS) is 16.6. The van der Waals surface area contributed by atoms with Gasteiger partial charge in [0.2, 0.25) is 0 Å². The van der Waals surface area contributed by atoms with Crippen molar-refractivity contribution in [2.75, 3.05) is 6.61 Å². The van der Waals surface area contributed by atoms with E-state index in [1.54, 1.807) is 25.3 Å². The smallest absolute Gasteiger partial charge is 0.185 e. The van der Waals surface area contributed by atoms with E-state index < -0.39 is 0 Å². The molecular formula is C20H18N4O3. The first-order valence-electron chi connectivity index (χ1n) is 8.54. The number of ether oxygens (including phenoxy) is 1. The van der Waals surface area contributed by atoms with Crippen LogP contribution >= 0.6 is 0 Å². The first kappa shape index (κ1) is 17.0. The van der Waals surface area contributed by atoms with E-state index in [0.717, 1.165) is 12.0 Å². The van der Waals surface area contributed by atoms with Crippen molar-refractivity contribution in [2.24, 2.45) is 5.73 Å². The lowest BCUT2D eigenvalue weighted by Gasteiger charge is -2.28. The third-order valence-electron chi connectivity index (χ3n) is 4.68. The fraction of sp³-hybridized carbons (Fsp3) is 0.200. The average Bonchev–Trinajstić information content (AvgIpc) is 3.04. The lowest BCUT2D eigenvalue weighted by Crippen LogP contribution is -2.26. The summed E-state index contributed by atoms with van der Waals surface area (Å²) < 4.78 is 7.90. The Morgan fingerprint density at radius 2 is 2.11 bits per heavy atom. The third kappa shape index (κ3) is 2.59. The number of hydrogen-bond acceptors (Lipinski definition) is 6. The highest BCUT2D eigenvalue weighted by Gasteiger charge is 2.31. The van der Waals surface area contributed by atoms with E-state index in [-0.39, 0.29) is 18.4 Å². The fourth-order valence-corrected chi connectivity index (χ4v) is 3.62. The van der Waals surface area contributed by atoms with Crippen LogP contribution in [0.3, 0.4) is 0 Å². The van der Waals surface area contributed by atoms with Crippen molar-refractivity contribution in [3.8, 4) is 5.75 Å². The van der Waals surface area contributed by atoms with Gasteiger partial charge in [-0.05, 0) is 38.1 Å². The van der Waals surface area contributed by atoms with Crippen LogP contribution in [0.2, 0.25) is 0 Å². The van der Waals surface area contributed by atoms with Gasteiger partial charge in [0.15, 0.2) is 23.6 Å². The monoisotopic (exact) mass is 362 g/mol. The first-order chi connectivity index (χ1) is 13.0. The molecule has 4 rings (SSSR count). The van der Waals surface area contributed by atoms with E-state index in [0.29, 0.717) is 39.4 Å². The molecule has 0 bridgehead atoms. The number of allylic oxidation sites excluding steroid dienone is 2. The van der Waals surface area contributed by atoms with Crippen molar-refractivity contribution in [1.29, 1.82) is 0 Å². The topological polar surface area (TPSA) is 100 Å². The summed E-state index contributed by atoms with van der Waals surface area (Å²) in [5.74, 6) is 0.651. The van der Waals surface area contributed by atoms with Crippen LogP contribution in [0.5, 0.6) is 5.75 Å². The molecule has 0 saturated carbocycles. The number of nitrogens with zero attached hydrogens (tertiary/aromatic N) is 3. The average molecular weight is 362 g/mol. The molecule has 2 aromatic heterocycles. The van der Waals surface area contributed by atoms with E-state index >= 15 is 0 Å². The maximum Gasteiger partial charge on any atom is 0.185 e. The predicted molar refractivity (Wildman–Crippen MR) is 100 cm³/mol. The number of Topliss-reactive ketones (excluding diaryl/α,β-unsaturated/α-hetero) is 1. The van der Waals surface area contributed by atoms with Crippen LogP contribution in [0.4, 0.5) is 0 Å². The fourth-order valence-electron chi connectivity index (χ4n) is 3.62. The lowest BCUT2D eigenvalue weighted by molar-refractivity contribution is -0.111. The number of carbonyl (C=O) groups excluding carboxylic acids is 2. The minimum absolute atomic E-state index is 0.150. The van der Waals surface area contributed by atoms with E-state index in [4.69, 9.17) is 10.5 Å². The number of nitrogens with two attached hydrogens (primary N) is 1. The van der Waals surface area contributed by atoms with E-state index in [9.17, 15) is 9.59 Å². The Labute approximate surface area is 155 Å². The number of carbonyl (C=O) groups is 2. The molecule has 1 aliphatic heterocycles. The minimum Gasteiger partial charge on any atom is -0.488 e. The van der Waals surface area contributed by atoms with Gasteiger partial charge in [0.05, 0.1) is 11.2 Å². The van der Waals surface area contributed by atoms with Gasteiger partial charge in [0, 0.05) is 23.0 Å². The molecular weight excluding hydrogens is 344 g/mol. The number of aromatic nitrogens is 3. The molecule has 3 heterocycles. The second-order valence-electron chi connectivity index (χ2n) is 6.46. The number of aldehydes is 1. The van der Waals surface area contributed by atoms with Gasteiger partial charge in [-0.15, -0.1) is 0 Å². The van der Waals surface area contributed by atoms with E-state index in [1.165, 1.54) is 6.92 Å². The Kier molecular flexibility index (Phi) is 3.99. The second kappa shape index (κ2) is 6.35. The zero-order valence-corrected chi connectivity index (χ0v) is 15.0. The summed E-state index contributed by atoms with van der Waals surface area (Å²) >= 11 is 0. The Morgan fingerprint density at radius 3 is 2.74 bits per heavy atom. The molecule has 1 atom stereocenters. The highest BCUT2D eigenvalue weighted by Crippen LogP contribution is 2.41. The number of ketones is 1. The van der Waals surface area contributed by atoms with E-state index in [1.807, 2.05) is 22.8 Å². The summed E-state index contributed by atoms with van der Waals surface area (Å²) in [4.78, 5) is 32.7. The van der Waals surface area contributed by atoms with Crippen LogP contribution in [0.25, 0.3) is 16.6 Å². The maximum absolute atomic E-state index is 12.2. The number of imidazole rings is 1. The molecule has 27 heavy (non-hydrogen) atoms. The number of benzene rings is 1. The van der Waals surface area contributed by atoms with Crippen LogP contribution < -0.4 is 10.5 Å². The Balaban J connectivity index is 2.03. The number of pyridine rings is 1. The molecule has 0 fully saturated rings. The Morgan fingerprint density at radius 1 is 1.30 bits per heavy atom. The largest absolute Gasteiger partial charge is 0.488 e. The van der Waals surface area contributed by atoms with Crippen LogP contribution in [0.15, 0.2) is 42.2 Å². The third-order valence-corrected chi connectivity index (χ3v) is 4.68. The number of rotatable bonds is 4. The molecule has 7 heteroatoms. The summed E-state index contributed by atoms with van der Waals surface area (Å²) in [6.07, 6.45) is 2.42. The second-order valence-corrected chi connectivity index (χ2v) is 6.46. The SMILES string of the molecule is CC(=O)C(=C(C)N)c1ccc2nc(C=O)n3c2c1OC[C@@H]3c1ccccn1. The summed E-state index contributed by atoms with van der Waals surface area (Å²) in [7, 11) is 0. The Bertz CT molecular complexity index is 1100. The summed E-state index contributed by atoms with van der Waals surface area (Å²) in [5.41, 5.74) is 9.44. The van der Waals surface area contributed by atoms with Crippen molar-refractivity contribution in [3.63, 3.8) is 0 Å². The molecule has 0 unspecified atom stereocenters. The molecule has 0 aliphatic carbocycles. The van der Waals surface area contributed by atoms with Crippen molar-refractivity contribution in [3.05, 3.63) is 59.3 Å². The molecule has 0 spiro atoms.